The van der Waals surface area contributed by atoms with Gasteiger partial charge in [0.05, 0.1) is 0 Å². The Morgan fingerprint density at radius 2 is 2.44 bits per heavy atom. The number of hydrogen-bond acceptors (Lipinski definition) is 2. The van der Waals surface area contributed by atoms with Crippen LogP contribution >= 0.6 is 0 Å². The molecule has 1 atom stereocenters. The molecule has 51 valence electrons. The van der Waals surface area contributed by atoms with E-state index in [1.165, 1.54) is 0 Å². The highest BCUT2D eigenvalue weighted by Crippen LogP contribution is 1.92. The third-order valence-corrected chi connectivity index (χ3v) is 1.55. The summed E-state index contributed by atoms with van der Waals surface area (Å²) in [6.45, 7) is 8.47. The quantitative estimate of drug-likeness (QED) is 0.539. The number of piperazine rings is 1. The first-order chi connectivity index (χ1) is 4.43. The highest BCUT2D eigenvalue weighted by Gasteiger charge is 2.08. The summed E-state index contributed by atoms with van der Waals surface area (Å²) in [6.07, 6.45) is 2.68. The zero-order chi connectivity index (χ0) is 6.53. The summed E-state index contributed by atoms with van der Waals surface area (Å²) in [4.78, 5) is 0. The summed E-state index contributed by atoms with van der Waals surface area (Å²) in [5.41, 5.74) is 0. The molecule has 1 heterocycles. The molecule has 0 aromatic carbocycles. The van der Waals surface area contributed by atoms with Crippen molar-refractivity contribution >= 4 is 0 Å². The summed E-state index contributed by atoms with van der Waals surface area (Å²) in [7, 11) is 0. The molecule has 0 aromatic rings. The van der Waals surface area contributed by atoms with Gasteiger partial charge in [0.15, 0.2) is 0 Å². The van der Waals surface area contributed by atoms with Gasteiger partial charge in [-0.05, 0) is 6.42 Å². The smallest absolute Gasteiger partial charge is 0.0227 e. The van der Waals surface area contributed by atoms with Crippen LogP contribution in [-0.4, -0.2) is 25.7 Å². The van der Waals surface area contributed by atoms with E-state index in [0.717, 1.165) is 26.1 Å². The highest BCUT2D eigenvalue weighted by molar-refractivity contribution is 4.81. The summed E-state index contributed by atoms with van der Waals surface area (Å²) in [6, 6.07) is 0.559. The van der Waals surface area contributed by atoms with Gasteiger partial charge in [-0.15, -0.1) is 0 Å². The lowest BCUT2D eigenvalue weighted by molar-refractivity contribution is 0.421. The van der Waals surface area contributed by atoms with E-state index in [9.17, 15) is 0 Å². The summed E-state index contributed by atoms with van der Waals surface area (Å²) in [5.74, 6) is 0. The van der Waals surface area contributed by atoms with Crippen LogP contribution in [0.4, 0.5) is 0 Å². The molecule has 0 bridgehead atoms. The maximum Gasteiger partial charge on any atom is 0.0227 e. The average molecular weight is 125 g/mol. The van der Waals surface area contributed by atoms with E-state index < -0.39 is 0 Å². The molecule has 2 N–H and O–H groups in total. The fourth-order valence-corrected chi connectivity index (χ4v) is 1.04. The second-order valence-corrected chi connectivity index (χ2v) is 2.33. The fraction of sp³-hybridized carbons (Fsp3) is 0.714. The zero-order valence-corrected chi connectivity index (χ0v) is 5.56. The molecule has 1 unspecified atom stereocenters. The van der Waals surface area contributed by atoms with Crippen LogP contribution in [0.15, 0.2) is 6.08 Å². The number of rotatable bonds is 2. The van der Waals surface area contributed by atoms with E-state index in [1.807, 2.05) is 0 Å². The molecule has 0 spiro atoms. The van der Waals surface area contributed by atoms with Crippen LogP contribution in [0.25, 0.3) is 0 Å². The van der Waals surface area contributed by atoms with Crippen LogP contribution < -0.4 is 10.6 Å². The van der Waals surface area contributed by atoms with Crippen LogP contribution in [-0.2, 0) is 0 Å². The standard InChI is InChI=1S/C7H13N2/c1-2-3-7-6-8-4-5-9-7/h1-2,7-9H,3-6H2. The Labute approximate surface area is 56.3 Å². The first-order valence-corrected chi connectivity index (χ1v) is 3.41. The summed E-state index contributed by atoms with van der Waals surface area (Å²) >= 11 is 0. The van der Waals surface area contributed by atoms with E-state index in [1.54, 1.807) is 6.08 Å². The molecular formula is C7H13N2. The van der Waals surface area contributed by atoms with Crippen molar-refractivity contribution in [3.05, 3.63) is 12.7 Å². The third kappa shape index (κ3) is 2.16. The Hall–Kier alpha value is -0.340. The maximum absolute atomic E-state index is 5.27. The van der Waals surface area contributed by atoms with Crippen LogP contribution in [0.1, 0.15) is 6.42 Å². The van der Waals surface area contributed by atoms with Crippen LogP contribution in [0.5, 0.6) is 0 Å². The van der Waals surface area contributed by atoms with Crippen molar-refractivity contribution in [3.8, 4) is 0 Å². The fourth-order valence-electron chi connectivity index (χ4n) is 1.04. The second kappa shape index (κ2) is 3.64. The number of nitrogens with one attached hydrogen (secondary N) is 2. The Bertz CT molecular complexity index is 84.9. The molecule has 0 amide bonds. The average Bonchev–Trinajstić information content (AvgIpc) is 1.91. The largest absolute Gasteiger partial charge is 0.314 e. The minimum atomic E-state index is 0.559. The zero-order valence-electron chi connectivity index (χ0n) is 5.56. The first-order valence-electron chi connectivity index (χ1n) is 3.41. The van der Waals surface area contributed by atoms with Crippen molar-refractivity contribution in [2.24, 2.45) is 0 Å². The molecule has 9 heavy (non-hydrogen) atoms. The molecular weight excluding hydrogens is 112 g/mol. The molecule has 1 rings (SSSR count). The maximum atomic E-state index is 5.27. The molecule has 1 fully saturated rings. The summed E-state index contributed by atoms with van der Waals surface area (Å²) < 4.78 is 0. The Morgan fingerprint density at radius 3 is 3.00 bits per heavy atom. The van der Waals surface area contributed by atoms with Gasteiger partial charge in [-0.1, -0.05) is 12.7 Å². The lowest BCUT2D eigenvalue weighted by atomic mass is 10.2. The van der Waals surface area contributed by atoms with Gasteiger partial charge in [-0.2, -0.15) is 0 Å². The van der Waals surface area contributed by atoms with Gasteiger partial charge >= 0.3 is 0 Å². The summed E-state index contributed by atoms with van der Waals surface area (Å²) in [5, 5.41) is 6.63. The van der Waals surface area contributed by atoms with Gasteiger partial charge in [0.25, 0.3) is 0 Å². The van der Waals surface area contributed by atoms with Gasteiger partial charge < -0.3 is 10.6 Å². The third-order valence-electron chi connectivity index (χ3n) is 1.55. The Morgan fingerprint density at radius 1 is 1.56 bits per heavy atom. The van der Waals surface area contributed by atoms with Gasteiger partial charge in [0.1, 0.15) is 0 Å². The Balaban J connectivity index is 2.15. The molecule has 0 saturated carbocycles. The van der Waals surface area contributed by atoms with Gasteiger partial charge in [0.2, 0.25) is 0 Å². The van der Waals surface area contributed by atoms with E-state index in [2.05, 4.69) is 10.6 Å². The van der Waals surface area contributed by atoms with Crippen molar-refractivity contribution in [1.29, 1.82) is 0 Å². The minimum absolute atomic E-state index is 0.559. The SMILES string of the molecule is [CH]=CCC1CNCCN1. The van der Waals surface area contributed by atoms with Gasteiger partial charge in [-0.25, -0.2) is 0 Å². The lowest BCUT2D eigenvalue weighted by Gasteiger charge is -2.22. The number of hydrogen-bond donors (Lipinski definition) is 2. The lowest BCUT2D eigenvalue weighted by Crippen LogP contribution is -2.47. The molecule has 2 nitrogen and oxygen atoms in total. The van der Waals surface area contributed by atoms with Gasteiger partial charge in [0, 0.05) is 25.7 Å². The van der Waals surface area contributed by atoms with Crippen LogP contribution in [0.2, 0.25) is 0 Å². The second-order valence-electron chi connectivity index (χ2n) is 2.33. The highest BCUT2D eigenvalue weighted by atomic mass is 15.0. The normalized spacial score (nSPS) is 27.8. The molecule has 1 saturated heterocycles. The van der Waals surface area contributed by atoms with E-state index in [-0.39, 0.29) is 0 Å². The first kappa shape index (κ1) is 6.78. The van der Waals surface area contributed by atoms with Crippen molar-refractivity contribution in [3.63, 3.8) is 0 Å². The molecule has 0 aromatic heterocycles. The molecule has 1 aliphatic rings. The topological polar surface area (TPSA) is 24.1 Å². The molecule has 2 heteroatoms. The minimum Gasteiger partial charge on any atom is -0.314 e. The monoisotopic (exact) mass is 125 g/mol. The predicted molar refractivity (Wildman–Crippen MR) is 38.1 cm³/mol. The van der Waals surface area contributed by atoms with Crippen molar-refractivity contribution in [2.75, 3.05) is 19.6 Å². The van der Waals surface area contributed by atoms with Crippen molar-refractivity contribution in [1.82, 2.24) is 10.6 Å². The van der Waals surface area contributed by atoms with Crippen LogP contribution in [0, 0.1) is 6.58 Å². The molecule has 0 aliphatic carbocycles. The van der Waals surface area contributed by atoms with Gasteiger partial charge in [-0.3, -0.25) is 0 Å². The predicted octanol–water partition coefficient (Wildman–Crippen LogP) is -0.0729. The Kier molecular flexibility index (Phi) is 2.74. The van der Waals surface area contributed by atoms with Crippen LogP contribution in [0.3, 0.4) is 0 Å². The van der Waals surface area contributed by atoms with E-state index >= 15 is 0 Å². The van der Waals surface area contributed by atoms with Crippen molar-refractivity contribution in [2.45, 2.75) is 12.5 Å². The molecule has 1 radical (unpaired) electrons. The molecule has 1 aliphatic heterocycles. The van der Waals surface area contributed by atoms with Crippen molar-refractivity contribution < 1.29 is 0 Å². The van der Waals surface area contributed by atoms with E-state index in [4.69, 9.17) is 6.58 Å². The van der Waals surface area contributed by atoms with E-state index in [0.29, 0.717) is 6.04 Å².